The fraction of sp³-hybridized carbons (Fsp3) is 0.438. The molecule has 0 saturated carbocycles. The second-order valence-electron chi connectivity index (χ2n) is 4.81. The molecule has 0 fully saturated rings. The molecule has 0 spiro atoms. The minimum Gasteiger partial charge on any atom is -0.493 e. The number of amidine groups is 1. The lowest BCUT2D eigenvalue weighted by Crippen LogP contribution is -2.30. The summed E-state index contributed by atoms with van der Waals surface area (Å²) >= 11 is 0. The Morgan fingerprint density at radius 3 is 2.24 bits per heavy atom. The predicted octanol–water partition coefficient (Wildman–Crippen LogP) is 2.46. The van der Waals surface area contributed by atoms with Crippen LogP contribution in [0, 0.1) is 0 Å². The van der Waals surface area contributed by atoms with Crippen LogP contribution < -0.4 is 14.2 Å². The van der Waals surface area contributed by atoms with Crippen molar-refractivity contribution < 1.29 is 14.2 Å². The number of aliphatic imine (C=N–C) groups is 1. The molecule has 1 heterocycles. The molecule has 1 aromatic carbocycles. The number of nitrogens with zero attached hydrogens (tertiary/aromatic N) is 2. The largest absolute Gasteiger partial charge is 0.493 e. The van der Waals surface area contributed by atoms with E-state index in [1.54, 1.807) is 21.3 Å². The average molecular weight is 290 g/mol. The smallest absolute Gasteiger partial charge is 0.203 e. The zero-order valence-electron chi connectivity index (χ0n) is 13.0. The summed E-state index contributed by atoms with van der Waals surface area (Å²) in [5.41, 5.74) is 0.978. The molecule has 0 saturated heterocycles. The molecule has 1 aliphatic rings. The minimum absolute atomic E-state index is 0.601. The summed E-state index contributed by atoms with van der Waals surface area (Å²) in [4.78, 5) is 6.66. The first-order valence-electron chi connectivity index (χ1n) is 6.93. The van der Waals surface area contributed by atoms with E-state index in [4.69, 9.17) is 14.2 Å². The van der Waals surface area contributed by atoms with Crippen LogP contribution in [0.15, 0.2) is 23.2 Å². The summed E-state index contributed by atoms with van der Waals surface area (Å²) in [6.07, 6.45) is 5.13. The summed E-state index contributed by atoms with van der Waals surface area (Å²) in [5, 5.41) is 0. The highest BCUT2D eigenvalue weighted by atomic mass is 16.5. The zero-order valence-corrected chi connectivity index (χ0v) is 13.0. The number of benzene rings is 1. The van der Waals surface area contributed by atoms with Crippen molar-refractivity contribution in [3.63, 3.8) is 0 Å². The number of hydrogen-bond donors (Lipinski definition) is 0. The van der Waals surface area contributed by atoms with E-state index >= 15 is 0 Å². The molecule has 0 aliphatic carbocycles. The van der Waals surface area contributed by atoms with E-state index in [0.29, 0.717) is 17.2 Å². The van der Waals surface area contributed by atoms with Crippen LogP contribution in [0.3, 0.4) is 0 Å². The maximum atomic E-state index is 5.35. The van der Waals surface area contributed by atoms with Crippen LogP contribution in [0.4, 0.5) is 0 Å². The summed E-state index contributed by atoms with van der Waals surface area (Å²) < 4.78 is 16.0. The van der Waals surface area contributed by atoms with E-state index in [2.05, 4.69) is 16.9 Å². The van der Waals surface area contributed by atoms with E-state index < -0.39 is 0 Å². The Morgan fingerprint density at radius 1 is 1.05 bits per heavy atom. The van der Waals surface area contributed by atoms with Gasteiger partial charge in [0.1, 0.15) is 5.84 Å². The Bertz CT molecular complexity index is 527. The second-order valence-corrected chi connectivity index (χ2v) is 4.81. The highest BCUT2D eigenvalue weighted by Gasteiger charge is 2.12. The van der Waals surface area contributed by atoms with Crippen molar-refractivity contribution in [2.24, 2.45) is 4.99 Å². The van der Waals surface area contributed by atoms with Gasteiger partial charge in [0.15, 0.2) is 11.5 Å². The maximum absolute atomic E-state index is 5.35. The van der Waals surface area contributed by atoms with Gasteiger partial charge in [0.25, 0.3) is 0 Å². The van der Waals surface area contributed by atoms with Crippen LogP contribution in [0.25, 0.3) is 6.08 Å². The van der Waals surface area contributed by atoms with Crippen LogP contribution in [0.2, 0.25) is 0 Å². The Kier molecular flexibility index (Phi) is 5.09. The lowest BCUT2D eigenvalue weighted by Gasteiger charge is -2.22. The van der Waals surface area contributed by atoms with Crippen LogP contribution in [-0.2, 0) is 0 Å². The molecule has 1 aliphatic heterocycles. The highest BCUT2D eigenvalue weighted by molar-refractivity contribution is 5.96. The van der Waals surface area contributed by atoms with Crippen molar-refractivity contribution >= 4 is 11.9 Å². The molecule has 0 aromatic heterocycles. The molecule has 0 atom stereocenters. The van der Waals surface area contributed by atoms with E-state index in [9.17, 15) is 0 Å². The van der Waals surface area contributed by atoms with Crippen LogP contribution in [-0.4, -0.2) is 52.2 Å². The molecular weight excluding hydrogens is 268 g/mol. The molecule has 0 amide bonds. The van der Waals surface area contributed by atoms with Crippen molar-refractivity contribution in [1.82, 2.24) is 4.90 Å². The normalized spacial score (nSPS) is 15.0. The number of likely N-dealkylation sites (N-methyl/N-ethyl adjacent to an activating group) is 1. The minimum atomic E-state index is 0.601. The summed E-state index contributed by atoms with van der Waals surface area (Å²) in [6, 6.07) is 3.84. The number of rotatable bonds is 5. The fourth-order valence-corrected chi connectivity index (χ4v) is 2.29. The van der Waals surface area contributed by atoms with Gasteiger partial charge in [0.2, 0.25) is 5.75 Å². The summed E-state index contributed by atoms with van der Waals surface area (Å²) in [6.45, 7) is 1.93. The van der Waals surface area contributed by atoms with Crippen LogP contribution in [0.5, 0.6) is 17.2 Å². The van der Waals surface area contributed by atoms with E-state index in [-0.39, 0.29) is 0 Å². The van der Waals surface area contributed by atoms with Gasteiger partial charge in [0, 0.05) is 20.1 Å². The molecule has 0 bridgehead atoms. The Labute approximate surface area is 125 Å². The second kappa shape index (κ2) is 7.02. The van der Waals surface area contributed by atoms with Gasteiger partial charge >= 0.3 is 0 Å². The lowest BCUT2D eigenvalue weighted by molar-refractivity contribution is 0.324. The van der Waals surface area contributed by atoms with Crippen molar-refractivity contribution in [1.29, 1.82) is 0 Å². The lowest BCUT2D eigenvalue weighted by atomic mass is 10.1. The third-order valence-electron chi connectivity index (χ3n) is 3.43. The van der Waals surface area contributed by atoms with Gasteiger partial charge in [-0.3, -0.25) is 4.99 Å². The van der Waals surface area contributed by atoms with Crippen LogP contribution in [0.1, 0.15) is 12.0 Å². The fourth-order valence-electron chi connectivity index (χ4n) is 2.29. The van der Waals surface area contributed by atoms with Crippen molar-refractivity contribution in [3.05, 3.63) is 23.8 Å². The third kappa shape index (κ3) is 3.48. The first kappa shape index (κ1) is 15.2. The first-order chi connectivity index (χ1) is 10.2. The van der Waals surface area contributed by atoms with Gasteiger partial charge in [-0.05, 0) is 30.2 Å². The van der Waals surface area contributed by atoms with Gasteiger partial charge in [-0.25, -0.2) is 0 Å². The molecule has 0 N–H and O–H groups in total. The van der Waals surface area contributed by atoms with Crippen molar-refractivity contribution in [3.8, 4) is 17.2 Å². The van der Waals surface area contributed by atoms with Crippen molar-refractivity contribution in [2.45, 2.75) is 6.42 Å². The molecule has 114 valence electrons. The quantitative estimate of drug-likeness (QED) is 0.835. The number of hydrogen-bond acceptors (Lipinski definition) is 5. The molecule has 21 heavy (non-hydrogen) atoms. The molecular formula is C16H22N2O3. The molecule has 5 nitrogen and oxygen atoms in total. The summed E-state index contributed by atoms with van der Waals surface area (Å²) in [5.74, 6) is 2.89. The Morgan fingerprint density at radius 2 is 1.71 bits per heavy atom. The molecule has 5 heteroatoms. The van der Waals surface area contributed by atoms with Gasteiger partial charge in [0.05, 0.1) is 21.3 Å². The van der Waals surface area contributed by atoms with E-state index in [1.807, 2.05) is 24.3 Å². The summed E-state index contributed by atoms with van der Waals surface area (Å²) in [7, 11) is 6.88. The standard InChI is InChI=1S/C16H22N2O3/c1-18-9-5-8-17-15(18)7-6-12-10-13(19-2)16(21-4)14(11-12)20-3/h6-7,10-11H,5,8-9H2,1-4H3/b7-6-. The van der Waals surface area contributed by atoms with Gasteiger partial charge in [-0.1, -0.05) is 6.08 Å². The molecule has 1 aromatic rings. The van der Waals surface area contributed by atoms with Crippen LogP contribution >= 0.6 is 0 Å². The molecule has 0 radical (unpaired) electrons. The predicted molar refractivity (Wildman–Crippen MR) is 84.7 cm³/mol. The zero-order chi connectivity index (χ0) is 15.2. The Hall–Kier alpha value is -2.17. The van der Waals surface area contributed by atoms with E-state index in [1.165, 1.54) is 0 Å². The topological polar surface area (TPSA) is 43.3 Å². The van der Waals surface area contributed by atoms with E-state index in [0.717, 1.165) is 30.9 Å². The highest BCUT2D eigenvalue weighted by Crippen LogP contribution is 2.38. The first-order valence-corrected chi connectivity index (χ1v) is 6.93. The van der Waals surface area contributed by atoms with Gasteiger partial charge in [-0.15, -0.1) is 0 Å². The average Bonchev–Trinajstić information content (AvgIpc) is 2.52. The molecule has 2 rings (SSSR count). The maximum Gasteiger partial charge on any atom is 0.203 e. The van der Waals surface area contributed by atoms with Crippen molar-refractivity contribution in [2.75, 3.05) is 41.5 Å². The SMILES string of the molecule is COc1cc(/C=C\C2=NCCCN2C)cc(OC)c1OC. The number of methoxy groups -OCH3 is 3. The molecule has 0 unspecified atom stereocenters. The number of ether oxygens (including phenoxy) is 3. The Balaban J connectivity index is 2.29. The third-order valence-corrected chi connectivity index (χ3v) is 3.43. The monoisotopic (exact) mass is 290 g/mol. The van der Waals surface area contributed by atoms with Gasteiger partial charge in [-0.2, -0.15) is 0 Å². The van der Waals surface area contributed by atoms with Gasteiger partial charge < -0.3 is 19.1 Å².